The van der Waals surface area contributed by atoms with Gasteiger partial charge in [0.25, 0.3) is 5.69 Å². The number of esters is 2. The predicted molar refractivity (Wildman–Crippen MR) is 83.3 cm³/mol. The van der Waals surface area contributed by atoms with Crippen molar-refractivity contribution in [3.8, 4) is 0 Å². The van der Waals surface area contributed by atoms with E-state index in [1.54, 1.807) is 6.92 Å². The maximum atomic E-state index is 12.1. The molecule has 7 nitrogen and oxygen atoms in total. The van der Waals surface area contributed by atoms with Crippen molar-refractivity contribution in [1.82, 2.24) is 0 Å². The highest BCUT2D eigenvalue weighted by molar-refractivity contribution is 5.89. The number of nitro benzene ring substituents is 1. The average Bonchev–Trinajstić information content (AvgIpc) is 3.28. The molecule has 2 fully saturated rings. The van der Waals surface area contributed by atoms with E-state index < -0.39 is 10.9 Å². The number of benzene rings is 1. The number of ether oxygens (including phenoxy) is 2. The number of carbonyl (C=O) groups is 2. The fourth-order valence-electron chi connectivity index (χ4n) is 3.59. The van der Waals surface area contributed by atoms with Crippen molar-refractivity contribution >= 4 is 17.6 Å². The van der Waals surface area contributed by atoms with Crippen molar-refractivity contribution in [3.05, 3.63) is 39.9 Å². The minimum Gasteiger partial charge on any atom is -0.466 e. The molecule has 2 aliphatic rings. The molecule has 2 aliphatic carbocycles. The number of nitro groups is 1. The van der Waals surface area contributed by atoms with Gasteiger partial charge in [0.1, 0.15) is 6.10 Å². The summed E-state index contributed by atoms with van der Waals surface area (Å²) in [4.78, 5) is 34.1. The van der Waals surface area contributed by atoms with Crippen molar-refractivity contribution in [1.29, 1.82) is 0 Å². The van der Waals surface area contributed by atoms with E-state index in [1.807, 2.05) is 0 Å². The van der Waals surface area contributed by atoms with Crippen LogP contribution in [0, 0.1) is 27.9 Å². The number of nitrogens with zero attached hydrogens (tertiary/aromatic N) is 1. The molecule has 0 radical (unpaired) electrons. The third-order valence-corrected chi connectivity index (χ3v) is 4.83. The molecule has 0 saturated heterocycles. The molecular formula is C17H19NO6. The molecule has 0 aromatic heterocycles. The topological polar surface area (TPSA) is 95.7 Å². The van der Waals surface area contributed by atoms with E-state index in [0.717, 1.165) is 12.8 Å². The number of hydrogen-bond acceptors (Lipinski definition) is 6. The second-order valence-corrected chi connectivity index (χ2v) is 6.25. The quantitative estimate of drug-likeness (QED) is 0.467. The van der Waals surface area contributed by atoms with Crippen LogP contribution < -0.4 is 0 Å². The SMILES string of the molecule is CCOC(=O)C1C2CC[C@@H](OC(=O)c3ccc([N+](=O)[O-])cc3)CC21. The van der Waals surface area contributed by atoms with E-state index in [2.05, 4.69) is 0 Å². The van der Waals surface area contributed by atoms with Gasteiger partial charge < -0.3 is 9.47 Å². The monoisotopic (exact) mass is 333 g/mol. The van der Waals surface area contributed by atoms with Gasteiger partial charge in [0.2, 0.25) is 0 Å². The Hall–Kier alpha value is -2.44. The first-order valence-electron chi connectivity index (χ1n) is 8.13. The van der Waals surface area contributed by atoms with E-state index in [0.29, 0.717) is 24.5 Å². The Kier molecular flexibility index (Phi) is 4.51. The lowest BCUT2D eigenvalue weighted by molar-refractivity contribution is -0.384. The second-order valence-electron chi connectivity index (χ2n) is 6.25. The molecule has 128 valence electrons. The number of fused-ring (bicyclic) bond motifs is 1. The lowest BCUT2D eigenvalue weighted by Crippen LogP contribution is -2.22. The van der Waals surface area contributed by atoms with E-state index in [9.17, 15) is 19.7 Å². The van der Waals surface area contributed by atoms with Gasteiger partial charge in [-0.15, -0.1) is 0 Å². The molecule has 4 atom stereocenters. The number of non-ortho nitro benzene ring substituents is 1. The maximum Gasteiger partial charge on any atom is 0.338 e. The molecule has 0 aliphatic heterocycles. The van der Waals surface area contributed by atoms with Crippen LogP contribution in [0.25, 0.3) is 0 Å². The number of carbonyl (C=O) groups excluding carboxylic acids is 2. The maximum absolute atomic E-state index is 12.1. The summed E-state index contributed by atoms with van der Waals surface area (Å²) in [5, 5.41) is 10.6. The molecule has 7 heteroatoms. The fourth-order valence-corrected chi connectivity index (χ4v) is 3.59. The highest BCUT2D eigenvalue weighted by Gasteiger charge is 2.58. The fraction of sp³-hybridized carbons (Fsp3) is 0.529. The van der Waals surface area contributed by atoms with E-state index in [4.69, 9.17) is 9.47 Å². The summed E-state index contributed by atoms with van der Waals surface area (Å²) in [6.45, 7) is 2.17. The molecule has 3 unspecified atom stereocenters. The summed E-state index contributed by atoms with van der Waals surface area (Å²) in [5.74, 6) is -0.0737. The predicted octanol–water partition coefficient (Wildman–Crippen LogP) is 2.73. The summed E-state index contributed by atoms with van der Waals surface area (Å²) >= 11 is 0. The van der Waals surface area contributed by atoms with Crippen LogP contribution in [0.3, 0.4) is 0 Å². The molecular weight excluding hydrogens is 314 g/mol. The molecule has 0 N–H and O–H groups in total. The summed E-state index contributed by atoms with van der Waals surface area (Å²) in [6, 6.07) is 5.35. The zero-order chi connectivity index (χ0) is 17.3. The zero-order valence-electron chi connectivity index (χ0n) is 13.3. The van der Waals surface area contributed by atoms with Crippen LogP contribution in [0.5, 0.6) is 0 Å². The normalized spacial score (nSPS) is 27.7. The van der Waals surface area contributed by atoms with Crippen molar-refractivity contribution in [2.24, 2.45) is 17.8 Å². The summed E-state index contributed by atoms with van der Waals surface area (Å²) < 4.78 is 10.6. The van der Waals surface area contributed by atoms with E-state index >= 15 is 0 Å². The van der Waals surface area contributed by atoms with Crippen LogP contribution in [0.1, 0.15) is 36.5 Å². The van der Waals surface area contributed by atoms with Crippen molar-refractivity contribution < 1.29 is 24.0 Å². The van der Waals surface area contributed by atoms with Crippen LogP contribution in [0.15, 0.2) is 24.3 Å². The highest BCUT2D eigenvalue weighted by Crippen LogP contribution is 2.56. The second kappa shape index (κ2) is 6.59. The van der Waals surface area contributed by atoms with Crippen LogP contribution in [-0.2, 0) is 14.3 Å². The van der Waals surface area contributed by atoms with Crippen LogP contribution >= 0.6 is 0 Å². The summed E-state index contributed by atoms with van der Waals surface area (Å²) in [6.07, 6.45) is 2.04. The Labute approximate surface area is 139 Å². The molecule has 0 bridgehead atoms. The van der Waals surface area contributed by atoms with Crippen LogP contribution in [0.4, 0.5) is 5.69 Å². The van der Waals surface area contributed by atoms with Gasteiger partial charge in [0, 0.05) is 12.1 Å². The summed E-state index contributed by atoms with van der Waals surface area (Å²) in [5.41, 5.74) is 0.225. The van der Waals surface area contributed by atoms with Crippen molar-refractivity contribution in [3.63, 3.8) is 0 Å². The highest BCUT2D eigenvalue weighted by atomic mass is 16.6. The smallest absolute Gasteiger partial charge is 0.338 e. The number of hydrogen-bond donors (Lipinski definition) is 0. The average molecular weight is 333 g/mol. The molecule has 0 amide bonds. The molecule has 24 heavy (non-hydrogen) atoms. The lowest BCUT2D eigenvalue weighted by Gasteiger charge is -2.21. The van der Waals surface area contributed by atoms with Gasteiger partial charge in [-0.3, -0.25) is 14.9 Å². The van der Waals surface area contributed by atoms with E-state index in [-0.39, 0.29) is 29.6 Å². The first kappa shape index (κ1) is 16.4. The molecule has 2 saturated carbocycles. The molecule has 1 aromatic carbocycles. The Morgan fingerprint density at radius 2 is 1.92 bits per heavy atom. The lowest BCUT2D eigenvalue weighted by atomic mass is 9.98. The van der Waals surface area contributed by atoms with Crippen molar-refractivity contribution in [2.75, 3.05) is 6.61 Å². The van der Waals surface area contributed by atoms with Gasteiger partial charge in [0.05, 0.1) is 23.0 Å². The third-order valence-electron chi connectivity index (χ3n) is 4.83. The van der Waals surface area contributed by atoms with Gasteiger partial charge >= 0.3 is 11.9 Å². The minimum atomic E-state index is -0.515. The summed E-state index contributed by atoms with van der Waals surface area (Å²) in [7, 11) is 0. The van der Waals surface area contributed by atoms with Gasteiger partial charge in [-0.25, -0.2) is 4.79 Å². The zero-order valence-corrected chi connectivity index (χ0v) is 13.3. The minimum absolute atomic E-state index is 0.0481. The Morgan fingerprint density at radius 3 is 2.54 bits per heavy atom. The first-order valence-corrected chi connectivity index (χ1v) is 8.13. The third kappa shape index (κ3) is 3.25. The van der Waals surface area contributed by atoms with Crippen molar-refractivity contribution in [2.45, 2.75) is 32.3 Å². The first-order chi connectivity index (χ1) is 11.5. The van der Waals surface area contributed by atoms with E-state index in [1.165, 1.54) is 24.3 Å². The van der Waals surface area contributed by atoms with Gasteiger partial charge in [0.15, 0.2) is 0 Å². The largest absolute Gasteiger partial charge is 0.466 e. The van der Waals surface area contributed by atoms with Gasteiger partial charge in [-0.05, 0) is 50.2 Å². The molecule has 0 heterocycles. The Morgan fingerprint density at radius 1 is 1.21 bits per heavy atom. The Bertz CT molecular complexity index is 656. The standard InChI is InChI=1S/C17H19NO6/c1-2-23-17(20)15-13-8-7-12(9-14(13)15)24-16(19)10-3-5-11(6-4-10)18(21)22/h3-6,12-15H,2,7-9H2,1H3/t12-,13?,14?,15?/m1/s1. The van der Waals surface area contributed by atoms with Crippen LogP contribution in [0.2, 0.25) is 0 Å². The number of rotatable bonds is 5. The molecule has 0 spiro atoms. The van der Waals surface area contributed by atoms with Crippen LogP contribution in [-0.4, -0.2) is 29.6 Å². The Balaban J connectivity index is 1.54. The molecule has 1 aromatic rings. The van der Waals surface area contributed by atoms with Gasteiger partial charge in [-0.2, -0.15) is 0 Å². The molecule has 3 rings (SSSR count). The van der Waals surface area contributed by atoms with Gasteiger partial charge in [-0.1, -0.05) is 0 Å².